The number of hydrogen-bond acceptors (Lipinski definition) is 3. The number of anilines is 1. The molecule has 0 saturated carbocycles. The maximum atomic E-state index is 13.1. The molecule has 1 amide bonds. The Labute approximate surface area is 123 Å². The molecule has 0 atom stereocenters. The fourth-order valence-corrected chi connectivity index (χ4v) is 2.22. The lowest BCUT2D eigenvalue weighted by Gasteiger charge is -2.06. The lowest BCUT2D eigenvalue weighted by molar-refractivity contribution is 0.0945. The van der Waals surface area contributed by atoms with Gasteiger partial charge in [-0.3, -0.25) is 9.48 Å². The standard InChI is InChI=1S/C15H19FN4O/c1-3-12-13(17)14(20(2)19-12)15(21)18-8-7-10-5-4-6-11(16)9-10/h4-6,9H,3,7-8,17H2,1-2H3,(H,18,21). The number of nitrogen functional groups attached to an aromatic ring is 1. The molecule has 3 N–H and O–H groups in total. The minimum absolute atomic E-state index is 0.265. The van der Waals surface area contributed by atoms with Crippen LogP contribution < -0.4 is 11.1 Å². The Morgan fingerprint density at radius 3 is 2.86 bits per heavy atom. The number of nitrogens with two attached hydrogens (primary N) is 1. The summed E-state index contributed by atoms with van der Waals surface area (Å²) in [5.41, 5.74) is 8.26. The van der Waals surface area contributed by atoms with Gasteiger partial charge in [-0.2, -0.15) is 5.10 Å². The molecule has 1 aromatic heterocycles. The monoisotopic (exact) mass is 290 g/mol. The van der Waals surface area contributed by atoms with Crippen molar-refractivity contribution in [3.8, 4) is 0 Å². The number of aromatic nitrogens is 2. The minimum atomic E-state index is -0.276. The summed E-state index contributed by atoms with van der Waals surface area (Å²) in [5, 5.41) is 6.99. The van der Waals surface area contributed by atoms with E-state index in [4.69, 9.17) is 5.73 Å². The van der Waals surface area contributed by atoms with Crippen LogP contribution in [-0.2, 0) is 19.9 Å². The number of benzene rings is 1. The Kier molecular flexibility index (Phi) is 4.57. The van der Waals surface area contributed by atoms with Gasteiger partial charge in [0.1, 0.15) is 11.5 Å². The average Bonchev–Trinajstić information content (AvgIpc) is 2.73. The largest absolute Gasteiger partial charge is 0.395 e. The molecule has 1 aromatic carbocycles. The summed E-state index contributed by atoms with van der Waals surface area (Å²) in [5.74, 6) is -0.541. The molecule has 2 rings (SSSR count). The number of halogens is 1. The van der Waals surface area contributed by atoms with Crippen LogP contribution in [-0.4, -0.2) is 22.2 Å². The smallest absolute Gasteiger partial charge is 0.271 e. The Hall–Kier alpha value is -2.37. The fourth-order valence-electron chi connectivity index (χ4n) is 2.22. The number of hydrogen-bond donors (Lipinski definition) is 2. The maximum Gasteiger partial charge on any atom is 0.271 e. The third-order valence-corrected chi connectivity index (χ3v) is 3.30. The fraction of sp³-hybridized carbons (Fsp3) is 0.333. The zero-order valence-corrected chi connectivity index (χ0v) is 12.2. The van der Waals surface area contributed by atoms with E-state index < -0.39 is 0 Å². The van der Waals surface area contributed by atoms with E-state index in [0.717, 1.165) is 5.56 Å². The van der Waals surface area contributed by atoms with Crippen molar-refractivity contribution in [2.24, 2.45) is 7.05 Å². The molecule has 0 fully saturated rings. The molecule has 112 valence electrons. The van der Waals surface area contributed by atoms with Crippen molar-refractivity contribution in [3.05, 3.63) is 47.0 Å². The van der Waals surface area contributed by atoms with E-state index in [1.165, 1.54) is 16.8 Å². The van der Waals surface area contributed by atoms with Crippen molar-refractivity contribution in [1.82, 2.24) is 15.1 Å². The number of nitrogens with zero attached hydrogens (tertiary/aromatic N) is 2. The molecule has 0 aliphatic rings. The Morgan fingerprint density at radius 2 is 2.24 bits per heavy atom. The molecule has 2 aromatic rings. The van der Waals surface area contributed by atoms with Gasteiger partial charge in [0.15, 0.2) is 0 Å². The van der Waals surface area contributed by atoms with E-state index in [1.54, 1.807) is 13.1 Å². The quantitative estimate of drug-likeness (QED) is 0.880. The molecule has 0 aliphatic heterocycles. The third-order valence-electron chi connectivity index (χ3n) is 3.30. The summed E-state index contributed by atoms with van der Waals surface area (Å²) in [7, 11) is 1.69. The van der Waals surface area contributed by atoms with Crippen LogP contribution in [0.4, 0.5) is 10.1 Å². The van der Waals surface area contributed by atoms with Crippen molar-refractivity contribution in [2.45, 2.75) is 19.8 Å². The van der Waals surface area contributed by atoms with E-state index >= 15 is 0 Å². The molecule has 6 heteroatoms. The molecule has 0 unspecified atom stereocenters. The molecule has 0 saturated heterocycles. The molecule has 0 aliphatic carbocycles. The molecule has 0 bridgehead atoms. The van der Waals surface area contributed by atoms with Crippen LogP contribution >= 0.6 is 0 Å². The van der Waals surface area contributed by atoms with E-state index in [1.807, 2.05) is 13.0 Å². The van der Waals surface area contributed by atoms with Gasteiger partial charge in [0.25, 0.3) is 5.91 Å². The highest BCUT2D eigenvalue weighted by Crippen LogP contribution is 2.16. The number of amides is 1. The number of aryl methyl sites for hydroxylation is 2. The van der Waals surface area contributed by atoms with Gasteiger partial charge >= 0.3 is 0 Å². The van der Waals surface area contributed by atoms with Crippen LogP contribution in [0.25, 0.3) is 0 Å². The highest BCUT2D eigenvalue weighted by Gasteiger charge is 2.18. The van der Waals surface area contributed by atoms with Gasteiger partial charge < -0.3 is 11.1 Å². The first kappa shape index (κ1) is 15.0. The van der Waals surface area contributed by atoms with Crippen molar-refractivity contribution in [2.75, 3.05) is 12.3 Å². The summed E-state index contributed by atoms with van der Waals surface area (Å²) < 4.78 is 14.5. The molecule has 0 radical (unpaired) electrons. The summed E-state index contributed by atoms with van der Waals surface area (Å²) >= 11 is 0. The Balaban J connectivity index is 1.98. The second-order valence-corrected chi connectivity index (χ2v) is 4.82. The van der Waals surface area contributed by atoms with E-state index in [0.29, 0.717) is 36.5 Å². The minimum Gasteiger partial charge on any atom is -0.395 e. The van der Waals surface area contributed by atoms with Crippen molar-refractivity contribution in [3.63, 3.8) is 0 Å². The molecular formula is C15H19FN4O. The lowest BCUT2D eigenvalue weighted by atomic mass is 10.1. The van der Waals surface area contributed by atoms with Gasteiger partial charge in [-0.05, 0) is 30.5 Å². The second-order valence-electron chi connectivity index (χ2n) is 4.82. The van der Waals surface area contributed by atoms with Gasteiger partial charge in [0, 0.05) is 13.6 Å². The highest BCUT2D eigenvalue weighted by atomic mass is 19.1. The summed E-state index contributed by atoms with van der Waals surface area (Å²) in [6.45, 7) is 2.35. The van der Waals surface area contributed by atoms with Crippen LogP contribution in [0.1, 0.15) is 28.7 Å². The van der Waals surface area contributed by atoms with Crippen molar-refractivity contribution in [1.29, 1.82) is 0 Å². The van der Waals surface area contributed by atoms with E-state index in [9.17, 15) is 9.18 Å². The van der Waals surface area contributed by atoms with Crippen LogP contribution in [0.3, 0.4) is 0 Å². The molecule has 5 nitrogen and oxygen atoms in total. The molecule has 21 heavy (non-hydrogen) atoms. The normalized spacial score (nSPS) is 10.6. The van der Waals surface area contributed by atoms with Crippen molar-refractivity contribution >= 4 is 11.6 Å². The van der Waals surface area contributed by atoms with Crippen LogP contribution in [0.2, 0.25) is 0 Å². The topological polar surface area (TPSA) is 72.9 Å². The summed E-state index contributed by atoms with van der Waals surface area (Å²) in [4.78, 5) is 12.1. The van der Waals surface area contributed by atoms with Crippen LogP contribution in [0, 0.1) is 5.82 Å². The third kappa shape index (κ3) is 3.39. The lowest BCUT2D eigenvalue weighted by Crippen LogP contribution is -2.28. The second kappa shape index (κ2) is 6.39. The summed E-state index contributed by atoms with van der Waals surface area (Å²) in [6, 6.07) is 6.33. The predicted molar refractivity (Wildman–Crippen MR) is 79.4 cm³/mol. The van der Waals surface area contributed by atoms with Gasteiger partial charge in [0.2, 0.25) is 0 Å². The van der Waals surface area contributed by atoms with Gasteiger partial charge in [-0.15, -0.1) is 0 Å². The van der Waals surface area contributed by atoms with Gasteiger partial charge in [0.05, 0.1) is 11.4 Å². The molecule has 0 spiro atoms. The first-order valence-corrected chi connectivity index (χ1v) is 6.87. The summed E-state index contributed by atoms with van der Waals surface area (Å²) in [6.07, 6.45) is 1.23. The number of carbonyl (C=O) groups is 1. The SMILES string of the molecule is CCc1nn(C)c(C(=O)NCCc2cccc(F)c2)c1N. The maximum absolute atomic E-state index is 13.1. The van der Waals surface area contributed by atoms with Gasteiger partial charge in [-0.25, -0.2) is 4.39 Å². The highest BCUT2D eigenvalue weighted by molar-refractivity contribution is 5.97. The first-order chi connectivity index (χ1) is 10.0. The zero-order valence-electron chi connectivity index (χ0n) is 12.2. The zero-order chi connectivity index (χ0) is 15.4. The average molecular weight is 290 g/mol. The van der Waals surface area contributed by atoms with E-state index in [2.05, 4.69) is 10.4 Å². The van der Waals surface area contributed by atoms with Gasteiger partial charge in [-0.1, -0.05) is 19.1 Å². The van der Waals surface area contributed by atoms with Crippen molar-refractivity contribution < 1.29 is 9.18 Å². The number of carbonyl (C=O) groups excluding carboxylic acids is 1. The first-order valence-electron chi connectivity index (χ1n) is 6.87. The number of nitrogens with one attached hydrogen (secondary N) is 1. The number of rotatable bonds is 5. The molecular weight excluding hydrogens is 271 g/mol. The van der Waals surface area contributed by atoms with Crippen LogP contribution in [0.5, 0.6) is 0 Å². The van der Waals surface area contributed by atoms with E-state index in [-0.39, 0.29) is 11.7 Å². The van der Waals surface area contributed by atoms with Crippen LogP contribution in [0.15, 0.2) is 24.3 Å². The molecule has 1 heterocycles. The predicted octanol–water partition coefficient (Wildman–Crippen LogP) is 1.68. The Bertz CT molecular complexity index is 651. The Morgan fingerprint density at radius 1 is 1.48 bits per heavy atom.